The van der Waals surface area contributed by atoms with E-state index in [-0.39, 0.29) is 11.4 Å². The number of methoxy groups -OCH3 is 1. The predicted molar refractivity (Wildman–Crippen MR) is 45.7 cm³/mol. The number of esters is 1. The van der Waals surface area contributed by atoms with Crippen LogP contribution in [-0.4, -0.2) is 24.3 Å². The molecule has 68 valence electrons. The van der Waals surface area contributed by atoms with Crippen LogP contribution in [0.5, 0.6) is 0 Å². The lowest BCUT2D eigenvalue weighted by atomic mass is 10.2. The summed E-state index contributed by atoms with van der Waals surface area (Å²) in [5, 5.41) is 0. The molecule has 0 saturated carbocycles. The van der Waals surface area contributed by atoms with E-state index in [9.17, 15) is 9.59 Å². The van der Waals surface area contributed by atoms with Gasteiger partial charge in [0, 0.05) is 0 Å². The van der Waals surface area contributed by atoms with Crippen molar-refractivity contribution >= 4 is 12.3 Å². The first-order valence-corrected chi connectivity index (χ1v) is 3.69. The molecule has 0 aliphatic rings. The van der Waals surface area contributed by atoms with Gasteiger partial charge < -0.3 is 4.74 Å². The molecule has 0 aliphatic carbocycles. The molecule has 0 radical (unpaired) electrons. The minimum absolute atomic E-state index is 0.157. The molecule has 1 heterocycles. The zero-order valence-corrected chi connectivity index (χ0v) is 7.40. The first-order chi connectivity index (χ1) is 6.17. The lowest BCUT2D eigenvalue weighted by Crippen LogP contribution is -2.06. The molecule has 1 aromatic heterocycles. The van der Waals surface area contributed by atoms with Gasteiger partial charge in [-0.3, -0.25) is 4.79 Å². The van der Waals surface area contributed by atoms with Crippen molar-refractivity contribution in [3.8, 4) is 0 Å². The van der Waals surface area contributed by atoms with Crippen LogP contribution in [0.1, 0.15) is 26.5 Å². The molecule has 0 aliphatic heterocycles. The maximum absolute atomic E-state index is 11.0. The highest BCUT2D eigenvalue weighted by Crippen LogP contribution is 2.04. The van der Waals surface area contributed by atoms with E-state index in [0.29, 0.717) is 6.29 Å². The fourth-order valence-corrected chi connectivity index (χ4v) is 0.964. The van der Waals surface area contributed by atoms with E-state index in [1.54, 1.807) is 19.1 Å². The summed E-state index contributed by atoms with van der Waals surface area (Å²) in [6.07, 6.45) is 0.597. The first kappa shape index (κ1) is 9.38. The summed E-state index contributed by atoms with van der Waals surface area (Å²) in [6.45, 7) is 1.78. The van der Waals surface area contributed by atoms with Crippen LogP contribution in [0.2, 0.25) is 0 Å². The Hall–Kier alpha value is -1.71. The number of aldehydes is 1. The molecule has 1 rings (SSSR count). The molecule has 0 spiro atoms. The number of ether oxygens (including phenoxy) is 1. The average Bonchev–Trinajstić information content (AvgIpc) is 2.15. The minimum Gasteiger partial charge on any atom is -0.464 e. The molecule has 0 saturated heterocycles. The lowest BCUT2D eigenvalue weighted by Gasteiger charge is -2.00. The summed E-state index contributed by atoms with van der Waals surface area (Å²) >= 11 is 0. The molecule has 4 nitrogen and oxygen atoms in total. The number of pyridine rings is 1. The van der Waals surface area contributed by atoms with Crippen LogP contribution in [0.25, 0.3) is 0 Å². The van der Waals surface area contributed by atoms with Gasteiger partial charge >= 0.3 is 5.97 Å². The zero-order chi connectivity index (χ0) is 9.84. The van der Waals surface area contributed by atoms with Gasteiger partial charge in [0.05, 0.1) is 7.11 Å². The maximum atomic E-state index is 11.0. The number of aryl methyl sites for hydroxylation is 1. The Kier molecular flexibility index (Phi) is 2.74. The third-order valence-electron chi connectivity index (χ3n) is 1.50. The number of aromatic nitrogens is 1. The second kappa shape index (κ2) is 3.80. The largest absolute Gasteiger partial charge is 0.464 e. The Bertz CT molecular complexity index is 347. The highest BCUT2D eigenvalue weighted by Gasteiger charge is 2.08. The Balaban J connectivity index is 3.15. The van der Waals surface area contributed by atoms with E-state index in [1.165, 1.54) is 7.11 Å². The van der Waals surface area contributed by atoms with E-state index in [4.69, 9.17) is 0 Å². The van der Waals surface area contributed by atoms with Crippen molar-refractivity contribution in [2.45, 2.75) is 6.92 Å². The van der Waals surface area contributed by atoms with Gasteiger partial charge in [-0.1, -0.05) is 0 Å². The minimum atomic E-state index is -0.535. The molecule has 13 heavy (non-hydrogen) atoms. The second-order valence-corrected chi connectivity index (χ2v) is 2.56. The van der Waals surface area contributed by atoms with Crippen molar-refractivity contribution < 1.29 is 14.3 Å². The number of hydrogen-bond donors (Lipinski definition) is 0. The van der Waals surface area contributed by atoms with E-state index >= 15 is 0 Å². The Morgan fingerprint density at radius 2 is 2.23 bits per heavy atom. The summed E-state index contributed by atoms with van der Waals surface area (Å²) in [5.41, 5.74) is 1.20. The van der Waals surface area contributed by atoms with Crippen LogP contribution in [0, 0.1) is 6.92 Å². The first-order valence-electron chi connectivity index (χ1n) is 3.69. The fourth-order valence-electron chi connectivity index (χ4n) is 0.964. The normalized spacial score (nSPS) is 9.38. The molecule has 0 amide bonds. The van der Waals surface area contributed by atoms with Gasteiger partial charge in [0.1, 0.15) is 11.4 Å². The third-order valence-corrected chi connectivity index (χ3v) is 1.50. The zero-order valence-electron chi connectivity index (χ0n) is 7.40. The summed E-state index contributed by atoms with van der Waals surface area (Å²) < 4.78 is 4.47. The monoisotopic (exact) mass is 179 g/mol. The molecule has 0 bridgehead atoms. The number of hydrogen-bond acceptors (Lipinski definition) is 4. The molecule has 0 fully saturated rings. The summed E-state index contributed by atoms with van der Waals surface area (Å²) in [4.78, 5) is 25.2. The third kappa shape index (κ3) is 2.11. The standard InChI is InChI=1S/C9H9NO3/c1-6-3-7(5-11)10-8(4-6)9(12)13-2/h3-5H,1-2H3. The van der Waals surface area contributed by atoms with E-state index < -0.39 is 5.97 Å². The Morgan fingerprint density at radius 1 is 1.54 bits per heavy atom. The molecule has 1 aromatic rings. The van der Waals surface area contributed by atoms with Crippen molar-refractivity contribution in [3.63, 3.8) is 0 Å². The van der Waals surface area contributed by atoms with Crippen LogP contribution in [0.15, 0.2) is 12.1 Å². The van der Waals surface area contributed by atoms with Gasteiger partial charge in [0.2, 0.25) is 0 Å². The molecule has 0 unspecified atom stereocenters. The van der Waals surface area contributed by atoms with Gasteiger partial charge in [-0.25, -0.2) is 9.78 Å². The van der Waals surface area contributed by atoms with Crippen LogP contribution in [0.3, 0.4) is 0 Å². The number of rotatable bonds is 2. The van der Waals surface area contributed by atoms with Gasteiger partial charge in [-0.2, -0.15) is 0 Å². The van der Waals surface area contributed by atoms with E-state index in [1.807, 2.05) is 0 Å². The van der Waals surface area contributed by atoms with Crippen LogP contribution < -0.4 is 0 Å². The van der Waals surface area contributed by atoms with Crippen molar-refractivity contribution in [1.82, 2.24) is 4.98 Å². The molecule has 0 aromatic carbocycles. The van der Waals surface area contributed by atoms with Crippen molar-refractivity contribution in [3.05, 3.63) is 29.1 Å². The maximum Gasteiger partial charge on any atom is 0.356 e. The van der Waals surface area contributed by atoms with Gasteiger partial charge in [-0.05, 0) is 24.6 Å². The van der Waals surface area contributed by atoms with Gasteiger partial charge in [-0.15, -0.1) is 0 Å². The second-order valence-electron chi connectivity index (χ2n) is 2.56. The van der Waals surface area contributed by atoms with Gasteiger partial charge in [0.15, 0.2) is 6.29 Å². The quantitative estimate of drug-likeness (QED) is 0.501. The Labute approximate surface area is 75.5 Å². The van der Waals surface area contributed by atoms with E-state index in [0.717, 1.165) is 5.56 Å². The van der Waals surface area contributed by atoms with E-state index in [2.05, 4.69) is 9.72 Å². The van der Waals surface area contributed by atoms with Crippen LogP contribution >= 0.6 is 0 Å². The van der Waals surface area contributed by atoms with Crippen LogP contribution in [-0.2, 0) is 4.74 Å². The smallest absolute Gasteiger partial charge is 0.356 e. The number of nitrogens with zero attached hydrogens (tertiary/aromatic N) is 1. The van der Waals surface area contributed by atoms with Crippen molar-refractivity contribution in [1.29, 1.82) is 0 Å². The summed E-state index contributed by atoms with van der Waals surface area (Å²) in [6, 6.07) is 3.16. The predicted octanol–water partition coefficient (Wildman–Crippen LogP) is 0.989. The SMILES string of the molecule is COC(=O)c1cc(C)cc(C=O)n1. The summed E-state index contributed by atoms with van der Waals surface area (Å²) in [5.74, 6) is -0.535. The number of carbonyl (C=O) groups is 2. The fraction of sp³-hybridized carbons (Fsp3) is 0.222. The highest BCUT2D eigenvalue weighted by atomic mass is 16.5. The van der Waals surface area contributed by atoms with Crippen molar-refractivity contribution in [2.24, 2.45) is 0 Å². The molecular weight excluding hydrogens is 170 g/mol. The topological polar surface area (TPSA) is 56.3 Å². The van der Waals surface area contributed by atoms with Gasteiger partial charge in [0.25, 0.3) is 0 Å². The number of carbonyl (C=O) groups excluding carboxylic acids is 2. The summed E-state index contributed by atoms with van der Waals surface area (Å²) in [7, 11) is 1.27. The Morgan fingerprint density at radius 3 is 2.77 bits per heavy atom. The lowest BCUT2D eigenvalue weighted by molar-refractivity contribution is 0.0594. The highest BCUT2D eigenvalue weighted by molar-refractivity contribution is 5.88. The molecule has 0 N–H and O–H groups in total. The molecule has 4 heteroatoms. The average molecular weight is 179 g/mol. The molecular formula is C9H9NO3. The van der Waals surface area contributed by atoms with Crippen molar-refractivity contribution in [2.75, 3.05) is 7.11 Å². The van der Waals surface area contributed by atoms with Crippen LogP contribution in [0.4, 0.5) is 0 Å². The molecule has 0 atom stereocenters.